The van der Waals surface area contributed by atoms with Gasteiger partial charge in [-0.2, -0.15) is 0 Å². The fourth-order valence-corrected chi connectivity index (χ4v) is 4.86. The SMILES string of the molecule is CCN1CCN(Cc2ccc(Nc3ncnc(Oc4ccc5c(cc(C)n5C)c4F)c3C(=O)N(C)C)nc2)CC1. The van der Waals surface area contributed by atoms with Crippen LogP contribution in [-0.4, -0.2) is 86.9 Å². The standard InChI is InChI=1S/C29H35FN8O2/c1-6-37-11-13-38(14-12-37)17-20-7-10-24(31-16-20)34-27-25(29(39)35(3)4)28(33-18-32-27)40-23-9-8-22-21(26(23)30)15-19(2)36(22)5/h7-10,15-16,18H,6,11-14,17H2,1-5H3,(H,31,32,33,34). The summed E-state index contributed by atoms with van der Waals surface area (Å²) in [5.74, 6) is -0.257. The first-order valence-electron chi connectivity index (χ1n) is 13.4. The molecule has 1 amide bonds. The number of ether oxygens (including phenoxy) is 1. The van der Waals surface area contributed by atoms with E-state index in [4.69, 9.17) is 4.74 Å². The van der Waals surface area contributed by atoms with Gasteiger partial charge in [0.2, 0.25) is 5.88 Å². The molecule has 0 unspecified atom stereocenters. The van der Waals surface area contributed by atoms with E-state index in [9.17, 15) is 4.79 Å². The van der Waals surface area contributed by atoms with Gasteiger partial charge in [-0.25, -0.2) is 19.3 Å². The number of hydrogen-bond acceptors (Lipinski definition) is 8. The molecule has 210 valence electrons. The van der Waals surface area contributed by atoms with Gasteiger partial charge >= 0.3 is 0 Å². The van der Waals surface area contributed by atoms with Crippen LogP contribution in [0, 0.1) is 12.7 Å². The van der Waals surface area contributed by atoms with Crippen molar-refractivity contribution < 1.29 is 13.9 Å². The summed E-state index contributed by atoms with van der Waals surface area (Å²) in [6.07, 6.45) is 3.10. The zero-order chi connectivity index (χ0) is 28.4. The van der Waals surface area contributed by atoms with E-state index in [-0.39, 0.29) is 23.0 Å². The number of carbonyl (C=O) groups is 1. The maximum atomic E-state index is 15.4. The number of hydrogen-bond donors (Lipinski definition) is 1. The third-order valence-electron chi connectivity index (χ3n) is 7.39. The van der Waals surface area contributed by atoms with Crippen molar-refractivity contribution in [1.82, 2.24) is 34.2 Å². The van der Waals surface area contributed by atoms with E-state index in [2.05, 4.69) is 37.0 Å². The van der Waals surface area contributed by atoms with E-state index in [0.29, 0.717) is 11.2 Å². The molecule has 3 aromatic heterocycles. The number of amides is 1. The van der Waals surface area contributed by atoms with Gasteiger partial charge < -0.3 is 24.4 Å². The van der Waals surface area contributed by atoms with E-state index in [1.807, 2.05) is 36.9 Å². The number of fused-ring (bicyclic) bond motifs is 1. The lowest BCUT2D eigenvalue weighted by molar-refractivity contribution is 0.0825. The second-order valence-corrected chi connectivity index (χ2v) is 10.2. The van der Waals surface area contributed by atoms with E-state index in [1.54, 1.807) is 32.3 Å². The van der Waals surface area contributed by atoms with Crippen LogP contribution in [0.4, 0.5) is 16.0 Å². The average Bonchev–Trinajstić information content (AvgIpc) is 3.25. The Morgan fingerprint density at radius 2 is 1.82 bits per heavy atom. The number of carbonyl (C=O) groups excluding carboxylic acids is 1. The molecule has 1 fully saturated rings. The molecule has 5 rings (SSSR count). The quantitative estimate of drug-likeness (QED) is 0.352. The molecule has 1 N–H and O–H groups in total. The van der Waals surface area contributed by atoms with Crippen molar-refractivity contribution in [2.24, 2.45) is 7.05 Å². The van der Waals surface area contributed by atoms with Crippen LogP contribution >= 0.6 is 0 Å². The molecule has 0 bridgehead atoms. The minimum atomic E-state index is -0.522. The first-order valence-corrected chi connectivity index (χ1v) is 13.4. The molecule has 1 aliphatic rings. The highest BCUT2D eigenvalue weighted by Gasteiger charge is 2.25. The number of likely N-dealkylation sites (N-methyl/N-ethyl adjacent to an activating group) is 1. The monoisotopic (exact) mass is 546 g/mol. The van der Waals surface area contributed by atoms with Crippen LogP contribution in [-0.2, 0) is 13.6 Å². The highest BCUT2D eigenvalue weighted by Crippen LogP contribution is 2.34. The number of nitrogens with zero attached hydrogens (tertiary/aromatic N) is 7. The second-order valence-electron chi connectivity index (χ2n) is 10.2. The molecule has 4 aromatic rings. The lowest BCUT2D eigenvalue weighted by Crippen LogP contribution is -2.45. The van der Waals surface area contributed by atoms with Gasteiger partial charge in [-0.05, 0) is 43.3 Å². The van der Waals surface area contributed by atoms with E-state index in [1.165, 1.54) is 11.2 Å². The van der Waals surface area contributed by atoms with E-state index in [0.717, 1.165) is 56.0 Å². The number of aromatic nitrogens is 4. The first kappa shape index (κ1) is 27.5. The van der Waals surface area contributed by atoms with Crippen LogP contribution in [0.25, 0.3) is 10.9 Å². The molecule has 0 saturated carbocycles. The summed E-state index contributed by atoms with van der Waals surface area (Å²) in [7, 11) is 5.12. The van der Waals surface area contributed by atoms with Crippen LogP contribution in [0.1, 0.15) is 28.5 Å². The number of nitrogens with one attached hydrogen (secondary N) is 1. The maximum Gasteiger partial charge on any atom is 0.262 e. The number of pyridine rings is 1. The van der Waals surface area contributed by atoms with Crippen molar-refractivity contribution in [2.75, 3.05) is 52.1 Å². The molecule has 4 heterocycles. The van der Waals surface area contributed by atoms with Crippen molar-refractivity contribution in [3.05, 3.63) is 65.5 Å². The second kappa shape index (κ2) is 11.6. The van der Waals surface area contributed by atoms with Crippen LogP contribution in [0.2, 0.25) is 0 Å². The van der Waals surface area contributed by atoms with Gasteiger partial charge in [0, 0.05) is 71.1 Å². The lowest BCUT2D eigenvalue weighted by Gasteiger charge is -2.33. The number of piperazine rings is 1. The Labute approximate surface area is 233 Å². The van der Waals surface area contributed by atoms with E-state index < -0.39 is 11.7 Å². The number of aryl methyl sites for hydroxylation is 2. The smallest absolute Gasteiger partial charge is 0.262 e. The van der Waals surface area contributed by atoms with E-state index >= 15 is 4.39 Å². The molecule has 1 aliphatic heterocycles. The molecule has 0 radical (unpaired) electrons. The minimum absolute atomic E-state index is 0.0298. The average molecular weight is 547 g/mol. The molecule has 0 aliphatic carbocycles. The number of benzene rings is 1. The molecule has 0 atom stereocenters. The number of rotatable bonds is 8. The lowest BCUT2D eigenvalue weighted by atomic mass is 10.2. The fraction of sp³-hybridized carbons (Fsp3) is 0.379. The minimum Gasteiger partial charge on any atom is -0.435 e. The van der Waals surface area contributed by atoms with Gasteiger partial charge in [-0.1, -0.05) is 13.0 Å². The summed E-state index contributed by atoms with van der Waals surface area (Å²) in [6, 6.07) is 8.95. The van der Waals surface area contributed by atoms with Crippen molar-refractivity contribution in [1.29, 1.82) is 0 Å². The van der Waals surface area contributed by atoms with Gasteiger partial charge in [0.1, 0.15) is 17.7 Å². The Hall–Kier alpha value is -4.09. The van der Waals surface area contributed by atoms with Crippen LogP contribution in [0.5, 0.6) is 11.6 Å². The number of halogens is 1. The molecule has 40 heavy (non-hydrogen) atoms. The predicted octanol–water partition coefficient (Wildman–Crippen LogP) is 4.19. The predicted molar refractivity (Wildman–Crippen MR) is 153 cm³/mol. The molecule has 10 nitrogen and oxygen atoms in total. The van der Waals surface area contributed by atoms with Crippen molar-refractivity contribution >= 4 is 28.4 Å². The van der Waals surface area contributed by atoms with Gasteiger partial charge in [0.05, 0.1) is 5.52 Å². The zero-order valence-corrected chi connectivity index (χ0v) is 23.6. The molecule has 1 aromatic carbocycles. The Balaban J connectivity index is 1.38. The summed E-state index contributed by atoms with van der Waals surface area (Å²) in [4.78, 5) is 32.5. The summed E-state index contributed by atoms with van der Waals surface area (Å²) in [5, 5.41) is 3.56. The Kier molecular flexibility index (Phi) is 7.95. The molecule has 0 spiro atoms. The van der Waals surface area contributed by atoms with Crippen molar-refractivity contribution in [2.45, 2.75) is 20.4 Å². The normalized spacial score (nSPS) is 14.4. The Bertz CT molecular complexity index is 1510. The Morgan fingerprint density at radius 1 is 1.07 bits per heavy atom. The third kappa shape index (κ3) is 5.61. The fourth-order valence-electron chi connectivity index (χ4n) is 4.86. The molecular weight excluding hydrogens is 511 g/mol. The summed E-state index contributed by atoms with van der Waals surface area (Å²) < 4.78 is 23.2. The molecular formula is C29H35FN8O2. The first-order chi connectivity index (χ1) is 19.2. The van der Waals surface area contributed by atoms with Crippen LogP contribution in [0.3, 0.4) is 0 Å². The molecule has 11 heteroatoms. The van der Waals surface area contributed by atoms with Crippen molar-refractivity contribution in [3.8, 4) is 11.6 Å². The van der Waals surface area contributed by atoms with Crippen molar-refractivity contribution in [3.63, 3.8) is 0 Å². The van der Waals surface area contributed by atoms with Gasteiger partial charge in [0.25, 0.3) is 5.91 Å². The topological polar surface area (TPSA) is 91.6 Å². The third-order valence-corrected chi connectivity index (χ3v) is 7.39. The number of anilines is 2. The van der Waals surface area contributed by atoms with Crippen LogP contribution < -0.4 is 10.1 Å². The van der Waals surface area contributed by atoms with Gasteiger partial charge in [0.15, 0.2) is 17.4 Å². The van der Waals surface area contributed by atoms with Crippen LogP contribution in [0.15, 0.2) is 42.9 Å². The van der Waals surface area contributed by atoms with Gasteiger partial charge in [-0.15, -0.1) is 0 Å². The summed E-state index contributed by atoms with van der Waals surface area (Å²) in [5.41, 5.74) is 2.85. The zero-order valence-electron chi connectivity index (χ0n) is 23.6. The molecule has 1 saturated heterocycles. The Morgan fingerprint density at radius 3 is 2.50 bits per heavy atom. The highest BCUT2D eigenvalue weighted by atomic mass is 19.1. The largest absolute Gasteiger partial charge is 0.435 e. The van der Waals surface area contributed by atoms with Gasteiger partial charge in [-0.3, -0.25) is 9.69 Å². The highest BCUT2D eigenvalue weighted by molar-refractivity contribution is 6.01. The maximum absolute atomic E-state index is 15.4. The summed E-state index contributed by atoms with van der Waals surface area (Å²) >= 11 is 0. The summed E-state index contributed by atoms with van der Waals surface area (Å²) in [6.45, 7) is 10.2.